The molecule has 76 valence electrons. The van der Waals surface area contributed by atoms with Crippen LogP contribution in [0, 0.1) is 30.9 Å². The van der Waals surface area contributed by atoms with E-state index in [9.17, 15) is 10.1 Å². The lowest BCUT2D eigenvalue weighted by atomic mass is 9.97. The summed E-state index contributed by atoms with van der Waals surface area (Å²) in [6.45, 7) is 6.08. The summed E-state index contributed by atoms with van der Waals surface area (Å²) in [5, 5.41) is 10.3. The van der Waals surface area contributed by atoms with Crippen LogP contribution in [-0.4, -0.2) is 11.5 Å². The van der Waals surface area contributed by atoms with Gasteiger partial charge >= 0.3 is 0 Å². The van der Waals surface area contributed by atoms with E-state index in [0.717, 1.165) is 16.7 Å². The van der Waals surface area contributed by atoms with Gasteiger partial charge in [-0.25, -0.2) is 0 Å². The first-order valence-corrected chi connectivity index (χ1v) is 4.69. The van der Waals surface area contributed by atoms with Gasteiger partial charge < -0.3 is 0 Å². The summed E-state index contributed by atoms with van der Waals surface area (Å²) in [5.41, 5.74) is 4.64. The molecule has 0 heterocycles. The third-order valence-electron chi connectivity index (χ3n) is 2.38. The molecule has 0 amide bonds. The molecular weight excluding hydrogens is 178 g/mol. The van der Waals surface area contributed by atoms with E-state index in [-0.39, 0.29) is 11.5 Å². The summed E-state index contributed by atoms with van der Waals surface area (Å²) in [7, 11) is 0. The number of rotatable bonds is 3. The van der Waals surface area contributed by atoms with Gasteiger partial charge in [0.1, 0.15) is 0 Å². The average Bonchev–Trinajstić information content (AvgIpc) is 2.01. The van der Waals surface area contributed by atoms with Crippen LogP contribution in [0.1, 0.15) is 22.3 Å². The molecule has 0 spiro atoms. The number of benzene rings is 1. The van der Waals surface area contributed by atoms with E-state index in [2.05, 4.69) is 12.1 Å². The van der Waals surface area contributed by atoms with Crippen LogP contribution in [0.25, 0.3) is 0 Å². The first-order chi connectivity index (χ1) is 6.50. The second-order valence-corrected chi connectivity index (χ2v) is 3.68. The molecule has 3 heteroatoms. The molecule has 0 saturated carbocycles. The molecule has 0 bridgehead atoms. The van der Waals surface area contributed by atoms with E-state index < -0.39 is 0 Å². The van der Waals surface area contributed by atoms with Crippen molar-refractivity contribution < 1.29 is 4.92 Å². The van der Waals surface area contributed by atoms with Crippen LogP contribution < -0.4 is 0 Å². The highest BCUT2D eigenvalue weighted by molar-refractivity contribution is 5.37. The molecule has 0 fully saturated rings. The van der Waals surface area contributed by atoms with Crippen molar-refractivity contribution in [2.75, 3.05) is 6.54 Å². The van der Waals surface area contributed by atoms with Crippen LogP contribution in [0.2, 0.25) is 0 Å². The summed E-state index contributed by atoms with van der Waals surface area (Å²) in [6.07, 6.45) is 0.533. The highest BCUT2D eigenvalue weighted by atomic mass is 16.6. The third-order valence-corrected chi connectivity index (χ3v) is 2.38. The molecule has 0 aliphatic rings. The average molecular weight is 193 g/mol. The Morgan fingerprint density at radius 1 is 1.21 bits per heavy atom. The third kappa shape index (κ3) is 2.55. The molecule has 1 aromatic carbocycles. The van der Waals surface area contributed by atoms with Crippen molar-refractivity contribution >= 4 is 0 Å². The maximum absolute atomic E-state index is 10.3. The minimum absolute atomic E-state index is 0.0186. The lowest BCUT2D eigenvalue weighted by molar-refractivity contribution is -0.479. The molecule has 1 aromatic rings. The topological polar surface area (TPSA) is 43.1 Å². The van der Waals surface area contributed by atoms with Gasteiger partial charge in [0, 0.05) is 11.3 Å². The molecule has 0 aromatic heterocycles. The smallest absolute Gasteiger partial charge is 0.207 e. The van der Waals surface area contributed by atoms with Crippen LogP contribution in [0.4, 0.5) is 0 Å². The largest absolute Gasteiger partial charge is 0.265 e. The molecule has 3 nitrogen and oxygen atoms in total. The number of nitrogens with zero attached hydrogens (tertiary/aromatic N) is 1. The Labute approximate surface area is 83.9 Å². The van der Waals surface area contributed by atoms with Crippen LogP contribution in [0.3, 0.4) is 0 Å². The predicted molar refractivity (Wildman–Crippen MR) is 56.2 cm³/mol. The monoisotopic (exact) mass is 193 g/mol. The van der Waals surface area contributed by atoms with E-state index in [1.54, 1.807) is 0 Å². The van der Waals surface area contributed by atoms with E-state index in [1.165, 1.54) is 5.56 Å². The van der Waals surface area contributed by atoms with E-state index in [0.29, 0.717) is 6.42 Å². The molecule has 0 radical (unpaired) electrons. The first kappa shape index (κ1) is 10.7. The van der Waals surface area contributed by atoms with Crippen LogP contribution >= 0.6 is 0 Å². The minimum Gasteiger partial charge on any atom is -0.265 e. The maximum Gasteiger partial charge on any atom is 0.207 e. The Kier molecular flexibility index (Phi) is 3.23. The Hall–Kier alpha value is -1.38. The normalized spacial score (nSPS) is 10.2. The highest BCUT2D eigenvalue weighted by Gasteiger charge is 2.06. The van der Waals surface area contributed by atoms with Crippen LogP contribution in [0.15, 0.2) is 12.1 Å². The summed E-state index contributed by atoms with van der Waals surface area (Å²) in [4.78, 5) is 10.0. The lowest BCUT2D eigenvalue weighted by Gasteiger charge is -2.08. The molecule has 14 heavy (non-hydrogen) atoms. The second kappa shape index (κ2) is 4.22. The van der Waals surface area contributed by atoms with Gasteiger partial charge in [-0.2, -0.15) is 0 Å². The fourth-order valence-electron chi connectivity index (χ4n) is 1.81. The van der Waals surface area contributed by atoms with Crippen molar-refractivity contribution in [2.24, 2.45) is 0 Å². The molecule has 0 atom stereocenters. The van der Waals surface area contributed by atoms with Gasteiger partial charge in [-0.05, 0) is 37.5 Å². The van der Waals surface area contributed by atoms with Crippen molar-refractivity contribution in [3.05, 3.63) is 44.5 Å². The van der Waals surface area contributed by atoms with Gasteiger partial charge in [0.25, 0.3) is 0 Å². The van der Waals surface area contributed by atoms with Crippen molar-refractivity contribution in [2.45, 2.75) is 27.2 Å². The Bertz CT molecular complexity index is 335. The van der Waals surface area contributed by atoms with Gasteiger partial charge in [0.15, 0.2) is 0 Å². The predicted octanol–water partition coefficient (Wildman–Crippen LogP) is 2.43. The number of nitro groups is 1. The van der Waals surface area contributed by atoms with Crippen LogP contribution in [0.5, 0.6) is 0 Å². The number of hydrogen-bond donors (Lipinski definition) is 0. The fraction of sp³-hybridized carbons (Fsp3) is 0.455. The molecule has 0 aliphatic carbocycles. The zero-order valence-electron chi connectivity index (χ0n) is 8.83. The molecule has 0 N–H and O–H groups in total. The van der Waals surface area contributed by atoms with Gasteiger partial charge in [0.05, 0.1) is 0 Å². The fourth-order valence-corrected chi connectivity index (χ4v) is 1.81. The van der Waals surface area contributed by atoms with Gasteiger partial charge in [-0.3, -0.25) is 10.1 Å². The van der Waals surface area contributed by atoms with E-state index in [1.807, 2.05) is 20.8 Å². The Morgan fingerprint density at radius 2 is 1.71 bits per heavy atom. The summed E-state index contributed by atoms with van der Waals surface area (Å²) < 4.78 is 0. The highest BCUT2D eigenvalue weighted by Crippen LogP contribution is 2.16. The SMILES string of the molecule is Cc1cc(C)c(CC[N+](=O)[O-])c(C)c1. The van der Waals surface area contributed by atoms with Gasteiger partial charge in [-0.15, -0.1) is 0 Å². The first-order valence-electron chi connectivity index (χ1n) is 4.69. The van der Waals surface area contributed by atoms with Crippen molar-refractivity contribution in [1.82, 2.24) is 0 Å². The summed E-state index contributed by atoms with van der Waals surface area (Å²) in [6, 6.07) is 4.14. The second-order valence-electron chi connectivity index (χ2n) is 3.68. The van der Waals surface area contributed by atoms with E-state index in [4.69, 9.17) is 0 Å². The van der Waals surface area contributed by atoms with Gasteiger partial charge in [0.2, 0.25) is 6.54 Å². The van der Waals surface area contributed by atoms with Crippen molar-refractivity contribution in [3.63, 3.8) is 0 Å². The lowest BCUT2D eigenvalue weighted by Crippen LogP contribution is -2.06. The Balaban J connectivity index is 2.91. The molecule has 1 rings (SSSR count). The van der Waals surface area contributed by atoms with E-state index >= 15 is 0 Å². The number of aryl methyl sites for hydroxylation is 3. The summed E-state index contributed by atoms with van der Waals surface area (Å²) in [5.74, 6) is 0. The van der Waals surface area contributed by atoms with Gasteiger partial charge in [-0.1, -0.05) is 17.7 Å². The Morgan fingerprint density at radius 3 is 2.14 bits per heavy atom. The zero-order valence-corrected chi connectivity index (χ0v) is 8.83. The van der Waals surface area contributed by atoms with Crippen molar-refractivity contribution in [1.29, 1.82) is 0 Å². The standard InChI is InChI=1S/C11H15NO2/c1-8-6-9(2)11(10(3)7-8)4-5-12(13)14/h6-7H,4-5H2,1-3H3. The molecular formula is C11H15NO2. The number of hydrogen-bond acceptors (Lipinski definition) is 2. The molecule has 0 saturated heterocycles. The minimum atomic E-state index is -0.265. The van der Waals surface area contributed by atoms with Crippen LogP contribution in [-0.2, 0) is 6.42 Å². The molecule has 0 unspecified atom stereocenters. The maximum atomic E-state index is 10.3. The molecule has 0 aliphatic heterocycles. The zero-order chi connectivity index (χ0) is 10.7. The van der Waals surface area contributed by atoms with Crippen molar-refractivity contribution in [3.8, 4) is 0 Å². The quantitative estimate of drug-likeness (QED) is 0.546. The summed E-state index contributed by atoms with van der Waals surface area (Å²) >= 11 is 0.